The van der Waals surface area contributed by atoms with Crippen LogP contribution >= 0.6 is 0 Å². The second kappa shape index (κ2) is 4.44. The maximum Gasteiger partial charge on any atom is 0.321 e. The molecule has 1 aliphatic rings. The average Bonchev–Trinajstić information content (AvgIpc) is 2.46. The Bertz CT molecular complexity index is 278. The molecule has 1 saturated heterocycles. The van der Waals surface area contributed by atoms with Crippen LogP contribution in [0.4, 0.5) is 0 Å². The molecular formula is C10H15NO4. The molecule has 0 radical (unpaired) electrons. The van der Waals surface area contributed by atoms with E-state index in [0.29, 0.717) is 6.54 Å². The zero-order chi connectivity index (χ0) is 11.6. The molecule has 84 valence electrons. The molecule has 0 spiro atoms. The monoisotopic (exact) mass is 213 g/mol. The fourth-order valence-corrected chi connectivity index (χ4v) is 2.06. The van der Waals surface area contributed by atoms with Crippen molar-refractivity contribution in [3.05, 3.63) is 12.2 Å². The largest absolute Gasteiger partial charge is 0.481 e. The van der Waals surface area contributed by atoms with Crippen LogP contribution in [0.15, 0.2) is 12.2 Å². The Morgan fingerprint density at radius 2 is 2.07 bits per heavy atom. The van der Waals surface area contributed by atoms with Gasteiger partial charge in [0.25, 0.3) is 0 Å². The van der Waals surface area contributed by atoms with E-state index in [1.807, 2.05) is 0 Å². The van der Waals surface area contributed by atoms with Gasteiger partial charge in [0, 0.05) is 12.5 Å². The SMILES string of the molecule is C=C(C)C1CN[C@H](C(=O)O)[C@H]1CC(=O)O. The zero-order valence-corrected chi connectivity index (χ0v) is 8.56. The van der Waals surface area contributed by atoms with Gasteiger partial charge in [-0.05, 0) is 12.8 Å². The molecule has 0 saturated carbocycles. The van der Waals surface area contributed by atoms with Gasteiger partial charge in [-0.3, -0.25) is 9.59 Å². The van der Waals surface area contributed by atoms with Gasteiger partial charge in [0.2, 0.25) is 0 Å². The molecule has 0 aliphatic carbocycles. The minimum atomic E-state index is -0.995. The van der Waals surface area contributed by atoms with Crippen LogP contribution in [0.3, 0.4) is 0 Å². The van der Waals surface area contributed by atoms with Gasteiger partial charge in [-0.1, -0.05) is 12.2 Å². The summed E-state index contributed by atoms with van der Waals surface area (Å²) in [6.45, 7) is 6.05. The fourth-order valence-electron chi connectivity index (χ4n) is 2.06. The lowest BCUT2D eigenvalue weighted by molar-refractivity contribution is -0.142. The highest BCUT2D eigenvalue weighted by atomic mass is 16.4. The van der Waals surface area contributed by atoms with E-state index in [1.165, 1.54) is 0 Å². The van der Waals surface area contributed by atoms with Gasteiger partial charge < -0.3 is 15.5 Å². The molecular weight excluding hydrogens is 198 g/mol. The first-order valence-electron chi connectivity index (χ1n) is 4.77. The van der Waals surface area contributed by atoms with Crippen LogP contribution in [0.25, 0.3) is 0 Å². The third kappa shape index (κ3) is 2.56. The van der Waals surface area contributed by atoms with Gasteiger partial charge in [0.15, 0.2) is 0 Å². The number of rotatable bonds is 4. The second-order valence-corrected chi connectivity index (χ2v) is 3.94. The van der Waals surface area contributed by atoms with E-state index in [-0.39, 0.29) is 12.3 Å². The lowest BCUT2D eigenvalue weighted by Gasteiger charge is -2.19. The summed E-state index contributed by atoms with van der Waals surface area (Å²) in [5.41, 5.74) is 0.831. The van der Waals surface area contributed by atoms with Gasteiger partial charge in [0.1, 0.15) is 6.04 Å². The van der Waals surface area contributed by atoms with Gasteiger partial charge in [-0.2, -0.15) is 0 Å². The number of carboxylic acids is 2. The maximum atomic E-state index is 10.9. The highest BCUT2D eigenvalue weighted by molar-refractivity contribution is 5.76. The summed E-state index contributed by atoms with van der Waals surface area (Å²) in [4.78, 5) is 21.5. The van der Waals surface area contributed by atoms with Gasteiger partial charge >= 0.3 is 11.9 Å². The fraction of sp³-hybridized carbons (Fsp3) is 0.600. The molecule has 1 rings (SSSR count). The second-order valence-electron chi connectivity index (χ2n) is 3.94. The van der Waals surface area contributed by atoms with E-state index in [2.05, 4.69) is 11.9 Å². The van der Waals surface area contributed by atoms with Gasteiger partial charge in [-0.25, -0.2) is 0 Å². The van der Waals surface area contributed by atoms with Crippen LogP contribution in [0.2, 0.25) is 0 Å². The minimum Gasteiger partial charge on any atom is -0.481 e. The highest BCUT2D eigenvalue weighted by Gasteiger charge is 2.41. The van der Waals surface area contributed by atoms with Crippen molar-refractivity contribution in [3.63, 3.8) is 0 Å². The van der Waals surface area contributed by atoms with E-state index >= 15 is 0 Å². The molecule has 1 unspecified atom stereocenters. The average molecular weight is 213 g/mol. The molecule has 1 fully saturated rings. The van der Waals surface area contributed by atoms with Crippen molar-refractivity contribution in [2.24, 2.45) is 11.8 Å². The van der Waals surface area contributed by atoms with Crippen LogP contribution in [0.5, 0.6) is 0 Å². The molecule has 5 heteroatoms. The van der Waals surface area contributed by atoms with Gasteiger partial charge in [0.05, 0.1) is 6.42 Å². The Kier molecular flexibility index (Phi) is 3.47. The Hall–Kier alpha value is -1.36. The Morgan fingerprint density at radius 3 is 2.47 bits per heavy atom. The summed E-state index contributed by atoms with van der Waals surface area (Å²) in [6, 6.07) is -0.775. The molecule has 0 aromatic heterocycles. The first-order valence-corrected chi connectivity index (χ1v) is 4.77. The predicted molar refractivity (Wildman–Crippen MR) is 53.5 cm³/mol. The summed E-state index contributed by atoms with van der Waals surface area (Å²) < 4.78 is 0. The molecule has 3 N–H and O–H groups in total. The first-order chi connectivity index (χ1) is 6.93. The summed E-state index contributed by atoms with van der Waals surface area (Å²) in [7, 11) is 0. The van der Waals surface area contributed by atoms with Crippen LogP contribution in [0.1, 0.15) is 13.3 Å². The Labute approximate surface area is 87.8 Å². The molecule has 3 atom stereocenters. The van der Waals surface area contributed by atoms with Crippen molar-refractivity contribution in [1.29, 1.82) is 0 Å². The number of nitrogens with one attached hydrogen (secondary N) is 1. The third-order valence-corrected chi connectivity index (χ3v) is 2.81. The molecule has 0 aromatic carbocycles. The lowest BCUT2D eigenvalue weighted by atomic mass is 9.84. The number of aliphatic carboxylic acids is 2. The standard InChI is InChI=1S/C10H15NO4/c1-5(2)7-4-11-9(10(14)15)6(7)3-8(12)13/h6-7,9,11H,1,3-4H2,2H3,(H,12,13)(H,14,15)/t6-,7?,9-/m0/s1. The van der Waals surface area contributed by atoms with E-state index < -0.39 is 23.9 Å². The first kappa shape index (κ1) is 11.7. The lowest BCUT2D eigenvalue weighted by Crippen LogP contribution is -2.36. The molecule has 1 aliphatic heterocycles. The molecule has 1 heterocycles. The van der Waals surface area contributed by atoms with Crippen molar-refractivity contribution >= 4 is 11.9 Å². The maximum absolute atomic E-state index is 10.9. The summed E-state index contributed by atoms with van der Waals surface area (Å²) in [5, 5.41) is 20.5. The van der Waals surface area contributed by atoms with Crippen LogP contribution in [-0.4, -0.2) is 34.7 Å². The zero-order valence-electron chi connectivity index (χ0n) is 8.56. The van der Waals surface area contributed by atoms with Crippen molar-refractivity contribution < 1.29 is 19.8 Å². The van der Waals surface area contributed by atoms with E-state index in [1.54, 1.807) is 6.92 Å². The van der Waals surface area contributed by atoms with Crippen LogP contribution < -0.4 is 5.32 Å². The molecule has 15 heavy (non-hydrogen) atoms. The third-order valence-electron chi connectivity index (χ3n) is 2.81. The van der Waals surface area contributed by atoms with Gasteiger partial charge in [-0.15, -0.1) is 0 Å². The van der Waals surface area contributed by atoms with Crippen LogP contribution in [0, 0.1) is 11.8 Å². The molecule has 0 bridgehead atoms. The molecule has 0 aromatic rings. The molecule has 0 amide bonds. The summed E-state index contributed by atoms with van der Waals surface area (Å²) in [6.07, 6.45) is -0.137. The molecule has 5 nitrogen and oxygen atoms in total. The van der Waals surface area contributed by atoms with Crippen LogP contribution in [-0.2, 0) is 9.59 Å². The van der Waals surface area contributed by atoms with Crippen molar-refractivity contribution in [2.75, 3.05) is 6.54 Å². The van der Waals surface area contributed by atoms with Crippen molar-refractivity contribution in [1.82, 2.24) is 5.32 Å². The number of carboxylic acid groups (broad SMARTS) is 2. The van der Waals surface area contributed by atoms with E-state index in [4.69, 9.17) is 10.2 Å². The van der Waals surface area contributed by atoms with Crippen molar-refractivity contribution in [3.8, 4) is 0 Å². The quantitative estimate of drug-likeness (QED) is 0.586. The summed E-state index contributed by atoms with van der Waals surface area (Å²) in [5.74, 6) is -2.44. The smallest absolute Gasteiger partial charge is 0.321 e. The topological polar surface area (TPSA) is 86.6 Å². The van der Waals surface area contributed by atoms with E-state index in [9.17, 15) is 9.59 Å². The highest BCUT2D eigenvalue weighted by Crippen LogP contribution is 2.30. The predicted octanol–water partition coefficient (Wildman–Crippen LogP) is 0.326. The summed E-state index contributed by atoms with van der Waals surface area (Å²) >= 11 is 0. The number of hydrogen-bond donors (Lipinski definition) is 3. The number of carbonyl (C=O) groups is 2. The Balaban J connectivity index is 2.82. The normalized spacial score (nSPS) is 30.1. The Morgan fingerprint density at radius 1 is 1.47 bits per heavy atom. The minimum absolute atomic E-state index is 0.0674. The number of hydrogen-bond acceptors (Lipinski definition) is 3. The van der Waals surface area contributed by atoms with Crippen molar-refractivity contribution in [2.45, 2.75) is 19.4 Å². The van der Waals surface area contributed by atoms with E-state index in [0.717, 1.165) is 5.57 Å².